The van der Waals surface area contributed by atoms with E-state index in [0.29, 0.717) is 13.1 Å². The fourth-order valence-corrected chi connectivity index (χ4v) is 4.73. The van der Waals surface area contributed by atoms with Crippen molar-refractivity contribution in [3.05, 3.63) is 51.7 Å². The zero-order valence-corrected chi connectivity index (χ0v) is 17.2. The molecule has 0 radical (unpaired) electrons. The average molecular weight is 408 g/mol. The molecule has 0 spiro atoms. The average Bonchev–Trinajstić information content (AvgIpc) is 3.19. The Kier molecular flexibility index (Phi) is 6.18. The number of nitrogens with one attached hydrogen (secondary N) is 2. The molecule has 2 amide bonds. The summed E-state index contributed by atoms with van der Waals surface area (Å²) in [5.41, 5.74) is 1.99. The molecule has 146 valence electrons. The van der Waals surface area contributed by atoms with E-state index in [-0.39, 0.29) is 23.5 Å². The molecule has 0 saturated heterocycles. The lowest BCUT2D eigenvalue weighted by Crippen LogP contribution is -2.45. The third-order valence-corrected chi connectivity index (χ3v) is 7.06. The maximum atomic E-state index is 12.6. The van der Waals surface area contributed by atoms with Crippen molar-refractivity contribution in [1.82, 2.24) is 14.9 Å². The smallest absolute Gasteiger partial charge is 0.317 e. The monoisotopic (exact) mass is 407 g/mol. The predicted octanol–water partition coefficient (Wildman–Crippen LogP) is 3.09. The summed E-state index contributed by atoms with van der Waals surface area (Å²) in [4.78, 5) is 15.3. The largest absolute Gasteiger partial charge is 0.336 e. The molecule has 1 aliphatic heterocycles. The second-order valence-electron chi connectivity index (χ2n) is 6.76. The van der Waals surface area contributed by atoms with Gasteiger partial charge in [-0.25, -0.2) is 17.9 Å². The van der Waals surface area contributed by atoms with Gasteiger partial charge in [0.05, 0.1) is 4.90 Å². The van der Waals surface area contributed by atoms with Crippen molar-refractivity contribution in [2.75, 3.05) is 6.54 Å². The minimum atomic E-state index is -3.59. The molecule has 27 heavy (non-hydrogen) atoms. The van der Waals surface area contributed by atoms with Crippen LogP contribution in [-0.2, 0) is 29.5 Å². The lowest BCUT2D eigenvalue weighted by Gasteiger charge is -2.30. The van der Waals surface area contributed by atoms with E-state index in [9.17, 15) is 13.2 Å². The Hall–Kier alpha value is -1.90. The summed E-state index contributed by atoms with van der Waals surface area (Å²) in [6.07, 6.45) is 1.60. The van der Waals surface area contributed by atoms with E-state index in [4.69, 9.17) is 0 Å². The van der Waals surface area contributed by atoms with E-state index in [1.807, 2.05) is 37.4 Å². The van der Waals surface area contributed by atoms with Crippen molar-refractivity contribution in [1.29, 1.82) is 0 Å². The zero-order valence-electron chi connectivity index (χ0n) is 15.6. The molecule has 0 saturated carbocycles. The molecule has 3 rings (SSSR count). The number of amides is 2. The Morgan fingerprint density at radius 1 is 1.30 bits per heavy atom. The van der Waals surface area contributed by atoms with Crippen LogP contribution in [0.25, 0.3) is 0 Å². The van der Waals surface area contributed by atoms with Crippen LogP contribution in [0.2, 0.25) is 0 Å². The Morgan fingerprint density at radius 3 is 2.81 bits per heavy atom. The van der Waals surface area contributed by atoms with Gasteiger partial charge < -0.3 is 10.2 Å². The second-order valence-corrected chi connectivity index (χ2v) is 9.56. The predicted molar refractivity (Wildman–Crippen MR) is 107 cm³/mol. The molecule has 2 N–H and O–H groups in total. The highest BCUT2D eigenvalue weighted by Gasteiger charge is 2.23. The number of nitrogens with zero attached hydrogens (tertiary/aromatic N) is 1. The van der Waals surface area contributed by atoms with Crippen molar-refractivity contribution in [2.24, 2.45) is 0 Å². The normalized spacial score (nSPS) is 15.3. The van der Waals surface area contributed by atoms with Crippen LogP contribution < -0.4 is 10.0 Å². The standard InChI is InChI=1S/C19H25N3O3S2/c1-3-14(2)21-19(23)22-9-8-15-6-7-18(11-16(15)13-22)27(24,25)20-12-17-5-4-10-26-17/h4-7,10-11,14,20H,3,8-9,12-13H2,1-2H3,(H,21,23)/t14-/m0/s1. The van der Waals surface area contributed by atoms with Gasteiger partial charge in [-0.1, -0.05) is 19.1 Å². The van der Waals surface area contributed by atoms with Crippen molar-refractivity contribution >= 4 is 27.4 Å². The van der Waals surface area contributed by atoms with E-state index < -0.39 is 10.0 Å². The molecule has 1 aliphatic rings. The first kappa shape index (κ1) is 19.9. The van der Waals surface area contributed by atoms with Crippen molar-refractivity contribution in [2.45, 2.75) is 50.7 Å². The lowest BCUT2D eigenvalue weighted by molar-refractivity contribution is 0.188. The van der Waals surface area contributed by atoms with Gasteiger partial charge in [0.2, 0.25) is 10.0 Å². The number of carbonyl (C=O) groups excluding carboxylic acids is 1. The second kappa shape index (κ2) is 8.41. The van der Waals surface area contributed by atoms with Crippen LogP contribution in [0.15, 0.2) is 40.6 Å². The molecular formula is C19H25N3O3S2. The van der Waals surface area contributed by atoms with E-state index in [0.717, 1.165) is 28.8 Å². The first-order valence-corrected chi connectivity index (χ1v) is 11.4. The maximum Gasteiger partial charge on any atom is 0.317 e. The number of hydrogen-bond donors (Lipinski definition) is 2. The lowest BCUT2D eigenvalue weighted by atomic mass is 10.0. The van der Waals surface area contributed by atoms with E-state index >= 15 is 0 Å². The van der Waals surface area contributed by atoms with Gasteiger partial charge in [-0.15, -0.1) is 11.3 Å². The molecule has 0 bridgehead atoms. The highest BCUT2D eigenvalue weighted by Crippen LogP contribution is 2.23. The minimum absolute atomic E-state index is 0.0981. The third kappa shape index (κ3) is 4.88. The molecule has 6 nitrogen and oxygen atoms in total. The van der Waals surface area contributed by atoms with Crippen molar-refractivity contribution in [3.8, 4) is 0 Å². The van der Waals surface area contributed by atoms with Crippen LogP contribution >= 0.6 is 11.3 Å². The van der Waals surface area contributed by atoms with E-state index in [1.54, 1.807) is 17.0 Å². The highest BCUT2D eigenvalue weighted by molar-refractivity contribution is 7.89. The van der Waals surface area contributed by atoms with Gasteiger partial charge in [0.15, 0.2) is 0 Å². The number of rotatable bonds is 6. The summed E-state index contributed by atoms with van der Waals surface area (Å²) >= 11 is 1.51. The quantitative estimate of drug-likeness (QED) is 0.772. The Morgan fingerprint density at radius 2 is 2.11 bits per heavy atom. The first-order chi connectivity index (χ1) is 12.9. The van der Waals surface area contributed by atoms with Gasteiger partial charge in [-0.3, -0.25) is 0 Å². The first-order valence-electron chi connectivity index (χ1n) is 9.08. The Labute approximate surface area is 164 Å². The van der Waals surface area contributed by atoms with Crippen LogP contribution in [0, 0.1) is 0 Å². The van der Waals surface area contributed by atoms with Gasteiger partial charge >= 0.3 is 6.03 Å². The molecule has 1 aromatic carbocycles. The topological polar surface area (TPSA) is 78.5 Å². The minimum Gasteiger partial charge on any atom is -0.336 e. The van der Waals surface area contributed by atoms with Gasteiger partial charge in [-0.2, -0.15) is 0 Å². The number of sulfonamides is 1. The molecule has 1 aromatic heterocycles. The van der Waals surface area contributed by atoms with Gasteiger partial charge in [0.25, 0.3) is 0 Å². The number of thiophene rings is 1. The Balaban J connectivity index is 1.72. The number of urea groups is 1. The fourth-order valence-electron chi connectivity index (χ4n) is 2.94. The summed E-state index contributed by atoms with van der Waals surface area (Å²) in [6, 6.07) is 9.00. The molecular weight excluding hydrogens is 382 g/mol. The molecule has 2 aromatic rings. The van der Waals surface area contributed by atoms with Crippen molar-refractivity contribution in [3.63, 3.8) is 0 Å². The van der Waals surface area contributed by atoms with E-state index in [2.05, 4.69) is 10.0 Å². The zero-order chi connectivity index (χ0) is 19.4. The van der Waals surface area contributed by atoms with Crippen LogP contribution in [0.1, 0.15) is 36.3 Å². The van der Waals surface area contributed by atoms with Gasteiger partial charge in [0.1, 0.15) is 0 Å². The summed E-state index contributed by atoms with van der Waals surface area (Å²) in [5, 5.41) is 4.89. The SMILES string of the molecule is CC[C@H](C)NC(=O)N1CCc2ccc(S(=O)(=O)NCc3cccs3)cc2C1. The van der Waals surface area contributed by atoms with Gasteiger partial charge in [0, 0.05) is 30.6 Å². The van der Waals surface area contributed by atoms with Crippen molar-refractivity contribution < 1.29 is 13.2 Å². The highest BCUT2D eigenvalue weighted by atomic mass is 32.2. The third-order valence-electron chi connectivity index (χ3n) is 4.79. The van der Waals surface area contributed by atoms with Crippen LogP contribution in [0.4, 0.5) is 4.79 Å². The summed E-state index contributed by atoms with van der Waals surface area (Å²) < 4.78 is 27.9. The van der Waals surface area contributed by atoms with Crippen LogP contribution in [0.5, 0.6) is 0 Å². The Bertz CT molecular complexity index is 895. The molecule has 8 heteroatoms. The number of fused-ring (bicyclic) bond motifs is 1. The summed E-state index contributed by atoms with van der Waals surface area (Å²) in [6.45, 7) is 5.33. The number of benzene rings is 1. The molecule has 1 atom stereocenters. The molecule has 2 heterocycles. The number of hydrogen-bond acceptors (Lipinski definition) is 4. The summed E-state index contributed by atoms with van der Waals surface area (Å²) in [7, 11) is -3.59. The summed E-state index contributed by atoms with van der Waals surface area (Å²) in [5.74, 6) is 0. The van der Waals surface area contributed by atoms with Gasteiger partial charge in [-0.05, 0) is 54.5 Å². The molecule has 0 fully saturated rings. The molecule has 0 unspecified atom stereocenters. The van der Waals surface area contributed by atoms with Crippen LogP contribution in [0.3, 0.4) is 0 Å². The molecule has 0 aliphatic carbocycles. The van der Waals surface area contributed by atoms with E-state index in [1.165, 1.54) is 11.3 Å². The van der Waals surface area contributed by atoms with Crippen LogP contribution in [-0.4, -0.2) is 31.9 Å². The fraction of sp³-hybridized carbons (Fsp3) is 0.421. The number of carbonyl (C=O) groups is 1. The maximum absolute atomic E-state index is 12.6.